The number of rotatable bonds is 3. The normalized spacial score (nSPS) is 23.6. The molecule has 0 bridgehead atoms. The second kappa shape index (κ2) is 7.09. The second-order valence-electron chi connectivity index (χ2n) is 6.53. The lowest BCUT2D eigenvalue weighted by atomic mass is 9.94. The Bertz CT molecular complexity index is 485. The number of hydrogen-bond acceptors (Lipinski definition) is 4. The number of piperazine rings is 1. The number of amides is 1. The zero-order chi connectivity index (χ0) is 15.4. The SMILES string of the molecule is CN1CCCC(CC(=O)N2CCN(c3ccccn3)CC2)C1. The van der Waals surface area contributed by atoms with E-state index in [-0.39, 0.29) is 0 Å². The van der Waals surface area contributed by atoms with Crippen molar-refractivity contribution in [1.29, 1.82) is 0 Å². The Balaban J connectivity index is 1.47. The molecule has 1 aromatic rings. The molecule has 0 aromatic carbocycles. The highest BCUT2D eigenvalue weighted by Crippen LogP contribution is 2.20. The molecule has 1 amide bonds. The Hall–Kier alpha value is -1.62. The van der Waals surface area contributed by atoms with Crippen LogP contribution in [0.15, 0.2) is 24.4 Å². The molecule has 0 saturated carbocycles. The molecule has 2 aliphatic heterocycles. The zero-order valence-electron chi connectivity index (χ0n) is 13.4. The van der Waals surface area contributed by atoms with Crippen LogP contribution in [0.5, 0.6) is 0 Å². The summed E-state index contributed by atoms with van der Waals surface area (Å²) < 4.78 is 0. The van der Waals surface area contributed by atoms with Gasteiger partial charge in [0.15, 0.2) is 0 Å². The Morgan fingerprint density at radius 3 is 2.73 bits per heavy atom. The van der Waals surface area contributed by atoms with Gasteiger partial charge in [0.25, 0.3) is 0 Å². The lowest BCUT2D eigenvalue weighted by Crippen LogP contribution is -2.49. The molecule has 1 unspecified atom stereocenters. The molecule has 0 aliphatic carbocycles. The van der Waals surface area contributed by atoms with Gasteiger partial charge in [-0.3, -0.25) is 4.79 Å². The van der Waals surface area contributed by atoms with Crippen molar-refractivity contribution < 1.29 is 4.79 Å². The number of anilines is 1. The van der Waals surface area contributed by atoms with E-state index in [0.717, 1.165) is 38.5 Å². The predicted octanol–water partition coefficient (Wildman–Crippen LogP) is 1.46. The van der Waals surface area contributed by atoms with E-state index in [9.17, 15) is 4.79 Å². The molecule has 0 radical (unpaired) electrons. The van der Waals surface area contributed by atoms with Gasteiger partial charge in [-0.15, -0.1) is 0 Å². The van der Waals surface area contributed by atoms with E-state index in [2.05, 4.69) is 21.8 Å². The zero-order valence-corrected chi connectivity index (χ0v) is 13.4. The van der Waals surface area contributed by atoms with Gasteiger partial charge >= 0.3 is 0 Å². The maximum Gasteiger partial charge on any atom is 0.223 e. The van der Waals surface area contributed by atoms with Crippen LogP contribution in [0.2, 0.25) is 0 Å². The van der Waals surface area contributed by atoms with Crippen LogP contribution in [0.4, 0.5) is 5.82 Å². The summed E-state index contributed by atoms with van der Waals surface area (Å²) in [5, 5.41) is 0. The van der Waals surface area contributed by atoms with Gasteiger partial charge in [-0.05, 0) is 44.5 Å². The molecule has 0 spiro atoms. The minimum absolute atomic E-state index is 0.334. The molecule has 5 nitrogen and oxygen atoms in total. The van der Waals surface area contributed by atoms with Gasteiger partial charge in [-0.25, -0.2) is 4.98 Å². The second-order valence-corrected chi connectivity index (χ2v) is 6.53. The quantitative estimate of drug-likeness (QED) is 0.847. The highest BCUT2D eigenvalue weighted by Gasteiger charge is 2.25. The first-order chi connectivity index (χ1) is 10.7. The van der Waals surface area contributed by atoms with Crippen LogP contribution >= 0.6 is 0 Å². The maximum absolute atomic E-state index is 12.5. The summed E-state index contributed by atoms with van der Waals surface area (Å²) >= 11 is 0. The van der Waals surface area contributed by atoms with Crippen molar-refractivity contribution in [2.24, 2.45) is 5.92 Å². The monoisotopic (exact) mass is 302 g/mol. The van der Waals surface area contributed by atoms with Crippen molar-refractivity contribution >= 4 is 11.7 Å². The Labute approximate surface area is 132 Å². The van der Waals surface area contributed by atoms with Crippen molar-refractivity contribution in [3.05, 3.63) is 24.4 Å². The van der Waals surface area contributed by atoms with Gasteiger partial charge < -0.3 is 14.7 Å². The number of aromatic nitrogens is 1. The maximum atomic E-state index is 12.5. The Morgan fingerprint density at radius 2 is 2.05 bits per heavy atom. The lowest BCUT2D eigenvalue weighted by Gasteiger charge is -2.37. The Kier molecular flexibility index (Phi) is 4.93. The third-order valence-electron chi connectivity index (χ3n) is 4.79. The van der Waals surface area contributed by atoms with Crippen LogP contribution in [-0.2, 0) is 4.79 Å². The molecular weight excluding hydrogens is 276 g/mol. The average Bonchev–Trinajstić information content (AvgIpc) is 2.56. The first-order valence-corrected chi connectivity index (χ1v) is 8.34. The van der Waals surface area contributed by atoms with Crippen LogP contribution in [-0.4, -0.2) is 67.0 Å². The summed E-state index contributed by atoms with van der Waals surface area (Å²) in [5.74, 6) is 1.89. The van der Waals surface area contributed by atoms with Crippen LogP contribution < -0.4 is 4.90 Å². The van der Waals surface area contributed by atoms with E-state index in [1.807, 2.05) is 29.3 Å². The number of likely N-dealkylation sites (tertiary alicyclic amines) is 1. The minimum Gasteiger partial charge on any atom is -0.353 e. The van der Waals surface area contributed by atoms with Crippen molar-refractivity contribution in [2.45, 2.75) is 19.3 Å². The number of nitrogens with zero attached hydrogens (tertiary/aromatic N) is 4. The van der Waals surface area contributed by atoms with Gasteiger partial charge in [0.05, 0.1) is 0 Å². The smallest absolute Gasteiger partial charge is 0.223 e. The van der Waals surface area contributed by atoms with E-state index in [1.54, 1.807) is 0 Å². The van der Waals surface area contributed by atoms with Crippen LogP contribution in [0, 0.1) is 5.92 Å². The summed E-state index contributed by atoms with van der Waals surface area (Å²) in [6, 6.07) is 5.99. The van der Waals surface area contributed by atoms with Crippen LogP contribution in [0.1, 0.15) is 19.3 Å². The summed E-state index contributed by atoms with van der Waals surface area (Å²) in [7, 11) is 2.16. The molecule has 120 valence electrons. The summed E-state index contributed by atoms with van der Waals surface area (Å²) in [6.07, 6.45) is 4.96. The van der Waals surface area contributed by atoms with Gasteiger partial charge in [0.1, 0.15) is 5.82 Å². The predicted molar refractivity (Wildman–Crippen MR) is 87.9 cm³/mol. The van der Waals surface area contributed by atoms with Crippen molar-refractivity contribution in [3.63, 3.8) is 0 Å². The number of piperidine rings is 1. The van der Waals surface area contributed by atoms with Gasteiger partial charge in [0, 0.05) is 45.3 Å². The minimum atomic E-state index is 0.334. The fraction of sp³-hybridized carbons (Fsp3) is 0.647. The molecule has 2 aliphatic rings. The first-order valence-electron chi connectivity index (χ1n) is 8.34. The Morgan fingerprint density at radius 1 is 1.23 bits per heavy atom. The molecule has 0 N–H and O–H groups in total. The van der Waals surface area contributed by atoms with E-state index < -0.39 is 0 Å². The topological polar surface area (TPSA) is 39.7 Å². The van der Waals surface area contributed by atoms with E-state index in [4.69, 9.17) is 0 Å². The highest BCUT2D eigenvalue weighted by molar-refractivity contribution is 5.76. The molecule has 3 rings (SSSR count). The molecule has 2 fully saturated rings. The summed E-state index contributed by atoms with van der Waals surface area (Å²) in [6.45, 7) is 5.64. The average molecular weight is 302 g/mol. The fourth-order valence-electron chi connectivity index (χ4n) is 3.54. The molecular formula is C17H26N4O. The largest absolute Gasteiger partial charge is 0.353 e. The third-order valence-corrected chi connectivity index (χ3v) is 4.79. The molecule has 5 heteroatoms. The van der Waals surface area contributed by atoms with Crippen molar-refractivity contribution in [3.8, 4) is 0 Å². The van der Waals surface area contributed by atoms with Crippen LogP contribution in [0.25, 0.3) is 0 Å². The van der Waals surface area contributed by atoms with Gasteiger partial charge in [-0.2, -0.15) is 0 Å². The van der Waals surface area contributed by atoms with E-state index in [1.165, 1.54) is 19.4 Å². The lowest BCUT2D eigenvalue weighted by molar-refractivity contribution is -0.132. The number of hydrogen-bond donors (Lipinski definition) is 0. The molecule has 1 aromatic heterocycles. The van der Waals surface area contributed by atoms with Crippen molar-refractivity contribution in [2.75, 3.05) is 51.2 Å². The number of carbonyl (C=O) groups is 1. The number of pyridine rings is 1. The molecule has 1 atom stereocenters. The van der Waals surface area contributed by atoms with Gasteiger partial charge in [-0.1, -0.05) is 6.07 Å². The third kappa shape index (κ3) is 3.77. The first kappa shape index (κ1) is 15.3. The summed E-state index contributed by atoms with van der Waals surface area (Å²) in [5.41, 5.74) is 0. The van der Waals surface area contributed by atoms with Crippen LogP contribution in [0.3, 0.4) is 0 Å². The molecule has 22 heavy (non-hydrogen) atoms. The molecule has 2 saturated heterocycles. The fourth-order valence-corrected chi connectivity index (χ4v) is 3.54. The standard InChI is InChI=1S/C17H26N4O/c1-19-8-4-5-15(14-19)13-17(22)21-11-9-20(10-12-21)16-6-2-3-7-18-16/h2-3,6-7,15H,4-5,8-14H2,1H3. The number of carbonyl (C=O) groups excluding carboxylic acids is 1. The molecule has 3 heterocycles. The van der Waals surface area contributed by atoms with E-state index in [0.29, 0.717) is 18.2 Å². The highest BCUT2D eigenvalue weighted by atomic mass is 16.2. The van der Waals surface area contributed by atoms with E-state index >= 15 is 0 Å². The summed E-state index contributed by atoms with van der Waals surface area (Å²) in [4.78, 5) is 23.5. The van der Waals surface area contributed by atoms with Crippen molar-refractivity contribution in [1.82, 2.24) is 14.8 Å². The van der Waals surface area contributed by atoms with Gasteiger partial charge in [0.2, 0.25) is 5.91 Å².